The van der Waals surface area contributed by atoms with Crippen LogP contribution in [0.3, 0.4) is 0 Å². The van der Waals surface area contributed by atoms with Gasteiger partial charge in [-0.15, -0.1) is 10.2 Å². The molecule has 1 aliphatic rings. The second-order valence-corrected chi connectivity index (χ2v) is 9.16. The van der Waals surface area contributed by atoms with Crippen LogP contribution in [0.5, 0.6) is 0 Å². The molecule has 1 aromatic heterocycles. The molecule has 0 spiro atoms. The molecule has 3 aromatic rings. The predicted molar refractivity (Wildman–Crippen MR) is 114 cm³/mol. The van der Waals surface area contributed by atoms with Crippen LogP contribution in [-0.4, -0.2) is 23.2 Å². The maximum atomic E-state index is 12.8. The van der Waals surface area contributed by atoms with Gasteiger partial charge in [-0.2, -0.15) is 0 Å². The fourth-order valence-corrected chi connectivity index (χ4v) is 4.81. The molecule has 29 heavy (non-hydrogen) atoms. The van der Waals surface area contributed by atoms with Gasteiger partial charge in [-0.3, -0.25) is 4.72 Å². The maximum absolute atomic E-state index is 12.8. The Labute approximate surface area is 172 Å². The average molecular weight is 411 g/mol. The number of hydrogen-bond donors (Lipinski definition) is 1. The topological polar surface area (TPSA) is 76.9 Å². The van der Waals surface area contributed by atoms with Gasteiger partial charge in [-0.1, -0.05) is 44.0 Å². The zero-order valence-electron chi connectivity index (χ0n) is 16.6. The average Bonchev–Trinajstić information content (AvgIpc) is 2.97. The molecule has 0 atom stereocenters. The third-order valence-electron chi connectivity index (χ3n) is 5.25. The van der Waals surface area contributed by atoms with E-state index in [-0.39, 0.29) is 4.90 Å². The summed E-state index contributed by atoms with van der Waals surface area (Å²) in [5.74, 6) is 1.81. The summed E-state index contributed by atoms with van der Waals surface area (Å²) in [7, 11) is -3.65. The van der Waals surface area contributed by atoms with Gasteiger partial charge in [0, 0.05) is 24.2 Å². The van der Waals surface area contributed by atoms with Crippen LogP contribution in [0.15, 0.2) is 53.4 Å². The summed E-state index contributed by atoms with van der Waals surface area (Å²) in [6, 6.07) is 14.4. The van der Waals surface area contributed by atoms with Crippen molar-refractivity contribution in [1.82, 2.24) is 14.8 Å². The molecular formula is C22H26N4O2S. The lowest BCUT2D eigenvalue weighted by Gasteiger charge is -2.11. The molecule has 152 valence electrons. The quantitative estimate of drug-likeness (QED) is 0.652. The Bertz CT molecular complexity index is 1090. The molecule has 2 aromatic carbocycles. The van der Waals surface area contributed by atoms with Gasteiger partial charge in [0.2, 0.25) is 0 Å². The molecule has 1 aliphatic heterocycles. The highest BCUT2D eigenvalue weighted by Gasteiger charge is 2.18. The number of sulfonamides is 1. The Morgan fingerprint density at radius 2 is 1.86 bits per heavy atom. The summed E-state index contributed by atoms with van der Waals surface area (Å²) in [5, 5.41) is 8.71. The number of nitrogens with one attached hydrogen (secondary N) is 1. The van der Waals surface area contributed by atoms with Crippen LogP contribution in [0.2, 0.25) is 0 Å². The van der Waals surface area contributed by atoms with Crippen molar-refractivity contribution in [3.63, 3.8) is 0 Å². The van der Waals surface area contributed by atoms with Crippen molar-refractivity contribution in [3.05, 3.63) is 59.9 Å². The van der Waals surface area contributed by atoms with Crippen LogP contribution in [0, 0.1) is 0 Å². The van der Waals surface area contributed by atoms with Crippen LogP contribution in [0.1, 0.15) is 44.0 Å². The molecule has 0 bridgehead atoms. The van der Waals surface area contributed by atoms with Gasteiger partial charge in [0.15, 0.2) is 5.82 Å². The van der Waals surface area contributed by atoms with E-state index >= 15 is 0 Å². The van der Waals surface area contributed by atoms with Gasteiger partial charge in [0.25, 0.3) is 10.0 Å². The highest BCUT2D eigenvalue weighted by atomic mass is 32.2. The molecule has 0 fully saturated rings. The van der Waals surface area contributed by atoms with Crippen molar-refractivity contribution < 1.29 is 8.42 Å². The van der Waals surface area contributed by atoms with Crippen molar-refractivity contribution in [2.75, 3.05) is 4.72 Å². The minimum absolute atomic E-state index is 0.263. The first-order valence-corrected chi connectivity index (χ1v) is 11.7. The van der Waals surface area contributed by atoms with Gasteiger partial charge in [-0.05, 0) is 49.1 Å². The number of anilines is 1. The number of hydrogen-bond acceptors (Lipinski definition) is 4. The Kier molecular flexibility index (Phi) is 5.67. The fraction of sp³-hybridized carbons (Fsp3) is 0.364. The van der Waals surface area contributed by atoms with Gasteiger partial charge < -0.3 is 4.57 Å². The molecule has 0 radical (unpaired) electrons. The number of rotatable bonds is 6. The first-order valence-electron chi connectivity index (χ1n) is 10.2. The molecule has 2 heterocycles. The Morgan fingerprint density at radius 3 is 2.66 bits per heavy atom. The van der Waals surface area contributed by atoms with E-state index < -0.39 is 10.0 Å². The van der Waals surface area contributed by atoms with Crippen molar-refractivity contribution in [1.29, 1.82) is 0 Å². The van der Waals surface area contributed by atoms with Crippen LogP contribution in [0.4, 0.5) is 5.69 Å². The zero-order valence-corrected chi connectivity index (χ0v) is 17.5. The smallest absolute Gasteiger partial charge is 0.261 e. The minimum atomic E-state index is -3.65. The predicted octanol–water partition coefficient (Wildman–Crippen LogP) is 4.42. The summed E-state index contributed by atoms with van der Waals surface area (Å²) in [5.41, 5.74) is 2.52. The van der Waals surface area contributed by atoms with E-state index in [4.69, 9.17) is 0 Å². The summed E-state index contributed by atoms with van der Waals surface area (Å²) in [6.45, 7) is 3.01. The molecule has 0 saturated carbocycles. The monoisotopic (exact) mass is 410 g/mol. The van der Waals surface area contributed by atoms with E-state index in [2.05, 4.69) is 26.4 Å². The first-order chi connectivity index (χ1) is 14.1. The third-order valence-corrected chi connectivity index (χ3v) is 6.65. The normalized spacial score (nSPS) is 14.2. The van der Waals surface area contributed by atoms with Crippen molar-refractivity contribution >= 4 is 15.7 Å². The molecule has 1 N–H and O–H groups in total. The van der Waals surface area contributed by atoms with Gasteiger partial charge in [-0.25, -0.2) is 8.42 Å². The second-order valence-electron chi connectivity index (χ2n) is 7.48. The van der Waals surface area contributed by atoms with Crippen molar-refractivity contribution in [2.24, 2.45) is 0 Å². The Balaban J connectivity index is 1.58. The summed E-state index contributed by atoms with van der Waals surface area (Å²) < 4.78 is 30.5. The summed E-state index contributed by atoms with van der Waals surface area (Å²) in [6.07, 6.45) is 6.35. The van der Waals surface area contributed by atoms with E-state index in [1.165, 1.54) is 6.42 Å². The fourth-order valence-electron chi connectivity index (χ4n) is 3.76. The zero-order chi connectivity index (χ0) is 20.3. The molecule has 0 amide bonds. The van der Waals surface area contributed by atoms with E-state index in [1.807, 2.05) is 30.3 Å². The molecule has 6 nitrogen and oxygen atoms in total. The van der Waals surface area contributed by atoms with E-state index in [0.717, 1.165) is 61.4 Å². The molecule has 0 saturated heterocycles. The second kappa shape index (κ2) is 8.37. The number of benzene rings is 2. The van der Waals surface area contributed by atoms with Crippen LogP contribution < -0.4 is 4.72 Å². The number of aromatic nitrogens is 3. The van der Waals surface area contributed by atoms with Crippen molar-refractivity contribution in [3.8, 4) is 11.4 Å². The Morgan fingerprint density at radius 1 is 1.03 bits per heavy atom. The molecule has 0 aliphatic carbocycles. The summed E-state index contributed by atoms with van der Waals surface area (Å²) >= 11 is 0. The lowest BCUT2D eigenvalue weighted by molar-refractivity contribution is 0.601. The highest BCUT2D eigenvalue weighted by Crippen LogP contribution is 2.26. The number of fused-ring (bicyclic) bond motifs is 1. The van der Waals surface area contributed by atoms with Crippen LogP contribution in [0.25, 0.3) is 11.4 Å². The molecule has 4 rings (SSSR count). The molecule has 0 unspecified atom stereocenters. The van der Waals surface area contributed by atoms with E-state index in [0.29, 0.717) is 5.69 Å². The standard InChI is InChI=1S/C22H26N4O2S/c1-2-7-17-11-13-20(14-12-17)29(27,28)25-19-9-6-8-18(16-19)22-24-23-21-10-4-3-5-15-26(21)22/h6,8-9,11-14,16,25H,2-5,7,10,15H2,1H3. The maximum Gasteiger partial charge on any atom is 0.261 e. The lowest BCUT2D eigenvalue weighted by atomic mass is 10.1. The summed E-state index contributed by atoms with van der Waals surface area (Å²) in [4.78, 5) is 0.263. The largest absolute Gasteiger partial charge is 0.311 e. The van der Waals surface area contributed by atoms with Crippen molar-refractivity contribution in [2.45, 2.75) is 56.9 Å². The number of nitrogens with zero attached hydrogens (tertiary/aromatic N) is 3. The van der Waals surface area contributed by atoms with Crippen LogP contribution in [-0.2, 0) is 29.4 Å². The Hall–Kier alpha value is -2.67. The van der Waals surface area contributed by atoms with E-state index in [1.54, 1.807) is 18.2 Å². The highest BCUT2D eigenvalue weighted by molar-refractivity contribution is 7.92. The molecular weight excluding hydrogens is 384 g/mol. The van der Waals surface area contributed by atoms with Gasteiger partial charge >= 0.3 is 0 Å². The van der Waals surface area contributed by atoms with Gasteiger partial charge in [0.05, 0.1) is 4.90 Å². The minimum Gasteiger partial charge on any atom is -0.311 e. The first kappa shape index (κ1) is 19.6. The SMILES string of the molecule is CCCc1ccc(S(=O)(=O)Nc2cccc(-c3nnc4n3CCCCC4)c2)cc1. The lowest BCUT2D eigenvalue weighted by Crippen LogP contribution is -2.13. The van der Waals surface area contributed by atoms with Gasteiger partial charge in [0.1, 0.15) is 5.82 Å². The third kappa shape index (κ3) is 4.34. The molecule has 7 heteroatoms. The van der Waals surface area contributed by atoms with Crippen LogP contribution >= 0.6 is 0 Å². The number of aryl methyl sites for hydroxylation is 2. The van der Waals surface area contributed by atoms with E-state index in [9.17, 15) is 8.42 Å².